The maximum Gasteiger partial charge on any atom is 0.501 e. The molecule has 0 aromatic heterocycles. The Balaban J connectivity index is 1.07. The molecule has 0 saturated carbocycles. The lowest BCUT2D eigenvalue weighted by Gasteiger charge is -2.34. The van der Waals surface area contributed by atoms with Crippen LogP contribution < -0.4 is 9.47 Å². The van der Waals surface area contributed by atoms with Crippen molar-refractivity contribution in [2.24, 2.45) is 0 Å². The first-order chi connectivity index (χ1) is 22.8. The fraction of sp³-hybridized carbons (Fsp3) is 0.700. The maximum atomic E-state index is 6.61. The maximum absolute atomic E-state index is 6.61. The van der Waals surface area contributed by atoms with Crippen molar-refractivity contribution < 1.29 is 22.8 Å². The molecule has 0 N–H and O–H groups in total. The number of ether oxygens (including phenoxy) is 2. The lowest BCUT2D eigenvalue weighted by Crippen LogP contribution is -2.44. The van der Waals surface area contributed by atoms with E-state index in [-0.39, 0.29) is 16.6 Å². The molecule has 0 aliphatic carbocycles. The van der Waals surface area contributed by atoms with Gasteiger partial charge < -0.3 is 22.8 Å². The zero-order valence-corrected chi connectivity index (χ0v) is 34.7. The van der Waals surface area contributed by atoms with Gasteiger partial charge in [-0.1, -0.05) is 73.2 Å². The molecular formula is C40H64N2O5Si2. The number of hydrogen-bond donors (Lipinski definition) is 0. The largest absolute Gasteiger partial charge is 0.501 e. The van der Waals surface area contributed by atoms with E-state index in [2.05, 4.69) is 122 Å². The van der Waals surface area contributed by atoms with Crippen molar-refractivity contribution >= 4 is 16.9 Å². The highest BCUT2D eigenvalue weighted by Crippen LogP contribution is 2.82. The first kappa shape index (κ1) is 37.0. The van der Waals surface area contributed by atoms with Crippen molar-refractivity contribution in [3.8, 4) is 11.5 Å². The summed E-state index contributed by atoms with van der Waals surface area (Å²) < 4.78 is 31.7. The zero-order valence-electron chi connectivity index (χ0n) is 32.7. The Labute approximate surface area is 299 Å². The Morgan fingerprint density at radius 3 is 1.67 bits per heavy atom. The van der Waals surface area contributed by atoms with E-state index < -0.39 is 16.9 Å². The highest BCUT2D eigenvalue weighted by Gasteiger charge is 2.74. The minimum absolute atomic E-state index is 0.162. The first-order valence-electron chi connectivity index (χ1n) is 18.8. The van der Waals surface area contributed by atoms with Gasteiger partial charge in [-0.2, -0.15) is 0 Å². The van der Waals surface area contributed by atoms with E-state index in [0.717, 1.165) is 56.6 Å². The summed E-state index contributed by atoms with van der Waals surface area (Å²) in [6.45, 7) is 31.0. The van der Waals surface area contributed by atoms with Crippen molar-refractivity contribution in [2.75, 3.05) is 33.7 Å². The quantitative estimate of drug-likeness (QED) is 0.204. The summed E-state index contributed by atoms with van der Waals surface area (Å²) in [6.07, 6.45) is 3.09. The molecule has 7 nitrogen and oxygen atoms in total. The SMILES string of the molecule is CCC1(C)O[Si](CCCN2COc3ccc(C(C)(C)c4ccc5c(c4)CN(CCC[Si]4(C)C(C)(C)C4(C)C)CO5)cc3C2)(OC)OC1(C)C. The van der Waals surface area contributed by atoms with E-state index in [1.807, 2.05) is 0 Å². The minimum atomic E-state index is -2.74. The van der Waals surface area contributed by atoms with Crippen molar-refractivity contribution in [3.05, 3.63) is 58.7 Å². The molecule has 2 saturated heterocycles. The van der Waals surface area contributed by atoms with Gasteiger partial charge in [-0.15, -0.1) is 0 Å². The van der Waals surface area contributed by atoms with E-state index >= 15 is 0 Å². The van der Waals surface area contributed by atoms with Crippen LogP contribution in [0.3, 0.4) is 0 Å². The first-order valence-corrected chi connectivity index (χ1v) is 23.4. The number of hydrogen-bond acceptors (Lipinski definition) is 7. The number of rotatable bonds is 12. The molecule has 2 unspecified atom stereocenters. The van der Waals surface area contributed by atoms with Gasteiger partial charge in [0.05, 0.1) is 19.3 Å². The molecule has 272 valence electrons. The molecule has 9 heteroatoms. The monoisotopic (exact) mass is 708 g/mol. The highest BCUT2D eigenvalue weighted by atomic mass is 28.4. The average molecular weight is 709 g/mol. The van der Waals surface area contributed by atoms with Crippen LogP contribution in [0.5, 0.6) is 11.5 Å². The van der Waals surface area contributed by atoms with Crippen LogP contribution in [0, 0.1) is 0 Å². The molecule has 2 fully saturated rings. The van der Waals surface area contributed by atoms with Gasteiger partial charge in [-0.3, -0.25) is 9.80 Å². The number of nitrogens with zero attached hydrogens (tertiary/aromatic N) is 2. The summed E-state index contributed by atoms with van der Waals surface area (Å²) in [5.41, 5.74) is 4.31. The summed E-state index contributed by atoms with van der Waals surface area (Å²) >= 11 is 0. The molecule has 0 bridgehead atoms. The molecule has 2 atom stereocenters. The Kier molecular flexibility index (Phi) is 9.63. The lowest BCUT2D eigenvalue weighted by atomic mass is 9.77. The molecule has 4 aliphatic rings. The van der Waals surface area contributed by atoms with Crippen LogP contribution in [-0.2, 0) is 31.8 Å². The van der Waals surface area contributed by atoms with E-state index in [4.69, 9.17) is 22.8 Å². The van der Waals surface area contributed by atoms with Crippen molar-refractivity contribution in [2.45, 2.75) is 147 Å². The summed E-state index contributed by atoms with van der Waals surface area (Å²) in [6, 6.07) is 15.8. The second kappa shape index (κ2) is 12.7. The molecule has 0 radical (unpaired) electrons. The van der Waals surface area contributed by atoms with Crippen LogP contribution in [0.15, 0.2) is 36.4 Å². The summed E-state index contributed by atoms with van der Waals surface area (Å²) in [7, 11) is -2.22. The Bertz CT molecular complexity index is 1530. The predicted octanol–water partition coefficient (Wildman–Crippen LogP) is 9.33. The number of fused-ring (bicyclic) bond motifs is 2. The van der Waals surface area contributed by atoms with E-state index in [9.17, 15) is 0 Å². The van der Waals surface area contributed by atoms with Crippen LogP contribution in [0.2, 0.25) is 28.7 Å². The lowest BCUT2D eigenvalue weighted by molar-refractivity contribution is -0.0120. The molecule has 49 heavy (non-hydrogen) atoms. The van der Waals surface area contributed by atoms with Crippen molar-refractivity contribution in [1.29, 1.82) is 0 Å². The second-order valence-corrected chi connectivity index (χ2v) is 26.2. The number of benzene rings is 2. The standard InChI is InChI=1S/C40H64N2O5Si2/c1-13-40(10)37(4,5)46-49(43-11,47-40)23-15-21-42-27-31-25-33(17-19-35(31)45-29-42)36(2,3)32-16-18-34-30(24-32)26-41(28-44-34)20-14-22-48(12)38(6,7)39(48,8)9/h16-19,24-25H,13-15,20-23,26-29H2,1-12H3. The molecule has 4 heterocycles. The predicted molar refractivity (Wildman–Crippen MR) is 203 cm³/mol. The van der Waals surface area contributed by atoms with Gasteiger partial charge in [0.1, 0.15) is 25.0 Å². The van der Waals surface area contributed by atoms with Gasteiger partial charge >= 0.3 is 8.80 Å². The van der Waals surface area contributed by atoms with Gasteiger partial charge in [0.2, 0.25) is 0 Å². The Morgan fingerprint density at radius 2 is 1.24 bits per heavy atom. The van der Waals surface area contributed by atoms with Gasteiger partial charge in [-0.25, -0.2) is 0 Å². The summed E-state index contributed by atoms with van der Waals surface area (Å²) in [5.74, 6) is 2.02. The molecule has 6 rings (SSSR count). The third-order valence-corrected chi connectivity index (χ3v) is 25.6. The van der Waals surface area contributed by atoms with Crippen LogP contribution in [-0.4, -0.2) is 71.5 Å². The molecule has 2 aromatic rings. The molecule has 0 spiro atoms. The normalized spacial score (nSPS) is 28.3. The van der Waals surface area contributed by atoms with Crippen LogP contribution in [0.4, 0.5) is 0 Å². The smallest absolute Gasteiger partial charge is 0.478 e. The molecule has 4 aliphatic heterocycles. The Hall–Kier alpha value is -1.73. The summed E-state index contributed by atoms with van der Waals surface area (Å²) in [5, 5.41) is 1.08. The van der Waals surface area contributed by atoms with E-state index in [1.54, 1.807) is 7.11 Å². The fourth-order valence-corrected chi connectivity index (χ4v) is 18.5. The van der Waals surface area contributed by atoms with Gasteiger partial charge in [-0.05, 0) is 85.5 Å². The topological polar surface area (TPSA) is 52.6 Å². The van der Waals surface area contributed by atoms with Crippen LogP contribution >= 0.6 is 0 Å². The molecule has 2 aromatic carbocycles. The third-order valence-electron chi connectivity index (χ3n) is 14.6. The van der Waals surface area contributed by atoms with E-state index in [1.165, 1.54) is 34.7 Å². The second-order valence-electron chi connectivity index (χ2n) is 17.9. The van der Waals surface area contributed by atoms with Crippen molar-refractivity contribution in [3.63, 3.8) is 0 Å². The summed E-state index contributed by atoms with van der Waals surface area (Å²) in [4.78, 5) is 4.88. The minimum Gasteiger partial charge on any atom is -0.478 e. The van der Waals surface area contributed by atoms with Crippen LogP contribution in [0.1, 0.15) is 111 Å². The van der Waals surface area contributed by atoms with Crippen LogP contribution in [0.25, 0.3) is 0 Å². The Morgan fingerprint density at radius 1 is 0.755 bits per heavy atom. The molecule has 0 amide bonds. The zero-order chi connectivity index (χ0) is 35.7. The highest BCUT2D eigenvalue weighted by molar-refractivity contribution is 6.95. The van der Waals surface area contributed by atoms with E-state index in [0.29, 0.717) is 23.5 Å². The van der Waals surface area contributed by atoms with Gasteiger partial charge in [0.15, 0.2) is 0 Å². The third kappa shape index (κ3) is 6.27. The average Bonchev–Trinajstić information content (AvgIpc) is 3.24. The van der Waals surface area contributed by atoms with Gasteiger partial charge in [0, 0.05) is 55.9 Å². The van der Waals surface area contributed by atoms with Crippen molar-refractivity contribution in [1.82, 2.24) is 9.80 Å². The molecular weight excluding hydrogens is 645 g/mol. The fourth-order valence-electron chi connectivity index (χ4n) is 9.09. The van der Waals surface area contributed by atoms with Gasteiger partial charge in [0.25, 0.3) is 0 Å².